The van der Waals surface area contributed by atoms with E-state index in [0.29, 0.717) is 0 Å². The van der Waals surface area contributed by atoms with Crippen LogP contribution in [0.3, 0.4) is 0 Å². The first kappa shape index (κ1) is 15.2. The molecule has 3 heteroatoms. The van der Waals surface area contributed by atoms with Gasteiger partial charge < -0.3 is 0 Å². The van der Waals surface area contributed by atoms with Crippen LogP contribution in [0.1, 0.15) is 18.1 Å². The number of allylic oxidation sites excluding steroid dienone is 1. The molecule has 0 saturated carbocycles. The SMILES string of the molecule is CC1=C[C](=[Cr])N(Cc2ccccc2)CN1Cc1ccccc1. The quantitative estimate of drug-likeness (QED) is 0.847. The van der Waals surface area contributed by atoms with E-state index in [1.807, 2.05) is 0 Å². The molecule has 2 aromatic rings. The fourth-order valence-electron chi connectivity index (χ4n) is 2.66. The Labute approximate surface area is 140 Å². The van der Waals surface area contributed by atoms with Crippen molar-refractivity contribution in [3.63, 3.8) is 0 Å². The number of nitrogens with zero attached hydrogens (tertiary/aromatic N) is 2. The molecule has 1 aliphatic heterocycles. The number of hydrogen-bond donors (Lipinski definition) is 0. The van der Waals surface area contributed by atoms with E-state index in [9.17, 15) is 0 Å². The van der Waals surface area contributed by atoms with Crippen molar-refractivity contribution in [3.05, 3.63) is 83.6 Å². The molecule has 0 aromatic heterocycles. The topological polar surface area (TPSA) is 6.48 Å². The number of benzene rings is 2. The Hall–Kier alpha value is -1.66. The van der Waals surface area contributed by atoms with Crippen molar-refractivity contribution in [1.29, 1.82) is 0 Å². The van der Waals surface area contributed by atoms with Crippen molar-refractivity contribution in [2.45, 2.75) is 20.0 Å². The van der Waals surface area contributed by atoms with Crippen molar-refractivity contribution >= 4 is 4.50 Å². The van der Waals surface area contributed by atoms with Gasteiger partial charge in [-0.3, -0.25) is 0 Å². The van der Waals surface area contributed by atoms with Crippen molar-refractivity contribution < 1.29 is 15.9 Å². The standard InChI is InChI=1S/C19H20N2.Cr/c1-17-12-13-20(14-18-8-4-2-5-9-18)16-21(17)15-19-10-6-3-7-11-19;/h2-12H,14-16H2,1H3;. The van der Waals surface area contributed by atoms with Crippen LogP contribution >= 0.6 is 0 Å². The molecule has 112 valence electrons. The van der Waals surface area contributed by atoms with E-state index in [4.69, 9.17) is 0 Å². The molecule has 0 unspecified atom stereocenters. The number of hydrogen-bond acceptors (Lipinski definition) is 2. The summed E-state index contributed by atoms with van der Waals surface area (Å²) in [7, 11) is 0. The van der Waals surface area contributed by atoms with Crippen LogP contribution in [0, 0.1) is 0 Å². The normalized spacial score (nSPS) is 15.8. The molecule has 0 atom stereocenters. The summed E-state index contributed by atoms with van der Waals surface area (Å²) in [6.45, 7) is 4.97. The zero-order valence-electron chi connectivity index (χ0n) is 12.8. The zero-order valence-corrected chi connectivity index (χ0v) is 14.0. The summed E-state index contributed by atoms with van der Waals surface area (Å²) in [4.78, 5) is 4.80. The van der Waals surface area contributed by atoms with Gasteiger partial charge in [0.15, 0.2) is 0 Å². The summed E-state index contributed by atoms with van der Waals surface area (Å²) >= 11 is 3.20. The monoisotopic (exact) mass is 328 g/mol. The van der Waals surface area contributed by atoms with E-state index in [0.717, 1.165) is 19.8 Å². The minimum atomic E-state index is 0.911. The fraction of sp³-hybridized carbons (Fsp3) is 0.211. The molecular formula is C19H20CrN2. The Morgan fingerprint density at radius 1 is 0.818 bits per heavy atom. The van der Waals surface area contributed by atoms with Gasteiger partial charge in [0.2, 0.25) is 0 Å². The molecule has 0 bridgehead atoms. The molecule has 22 heavy (non-hydrogen) atoms. The van der Waals surface area contributed by atoms with Crippen LogP contribution in [0.25, 0.3) is 0 Å². The second-order valence-corrected chi connectivity index (χ2v) is 6.29. The molecule has 0 N–H and O–H groups in total. The van der Waals surface area contributed by atoms with Crippen LogP contribution in [0.4, 0.5) is 0 Å². The molecule has 0 amide bonds. The number of rotatable bonds is 4. The summed E-state index contributed by atoms with van der Waals surface area (Å²) in [5.41, 5.74) is 3.99. The van der Waals surface area contributed by atoms with Gasteiger partial charge in [0, 0.05) is 0 Å². The summed E-state index contributed by atoms with van der Waals surface area (Å²) in [5.74, 6) is 0. The van der Waals surface area contributed by atoms with Crippen LogP contribution in [-0.4, -0.2) is 21.0 Å². The Kier molecular flexibility index (Phi) is 4.90. The first-order valence-corrected chi connectivity index (χ1v) is 8.16. The van der Waals surface area contributed by atoms with Crippen LogP contribution in [0.15, 0.2) is 72.4 Å². The third-order valence-corrected chi connectivity index (χ3v) is 4.50. The predicted octanol–water partition coefficient (Wildman–Crippen LogP) is 3.54. The summed E-state index contributed by atoms with van der Waals surface area (Å²) in [5, 5.41) is 0. The van der Waals surface area contributed by atoms with Crippen molar-refractivity contribution in [1.82, 2.24) is 9.80 Å². The van der Waals surface area contributed by atoms with Gasteiger partial charge in [-0.1, -0.05) is 0 Å². The van der Waals surface area contributed by atoms with Crippen LogP contribution in [-0.2, 0) is 28.9 Å². The van der Waals surface area contributed by atoms with Gasteiger partial charge in [-0.2, -0.15) is 0 Å². The van der Waals surface area contributed by atoms with Crippen molar-refractivity contribution in [3.8, 4) is 0 Å². The second-order valence-electron chi connectivity index (χ2n) is 5.63. The molecule has 1 aliphatic rings. The van der Waals surface area contributed by atoms with Crippen LogP contribution in [0.5, 0.6) is 0 Å². The first-order chi connectivity index (χ1) is 10.7. The first-order valence-electron chi connectivity index (χ1n) is 7.52. The maximum atomic E-state index is 3.20. The zero-order chi connectivity index (χ0) is 15.4. The van der Waals surface area contributed by atoms with Crippen molar-refractivity contribution in [2.24, 2.45) is 0 Å². The Bertz CT molecular complexity index is 664. The van der Waals surface area contributed by atoms with Gasteiger partial charge in [-0.05, 0) is 0 Å². The molecule has 1 heterocycles. The van der Waals surface area contributed by atoms with Gasteiger partial charge in [0.05, 0.1) is 0 Å². The van der Waals surface area contributed by atoms with E-state index in [1.54, 1.807) is 0 Å². The summed E-state index contributed by atoms with van der Waals surface area (Å²) in [6, 6.07) is 21.3. The average Bonchev–Trinajstić information content (AvgIpc) is 2.54. The van der Waals surface area contributed by atoms with Gasteiger partial charge >= 0.3 is 140 Å². The van der Waals surface area contributed by atoms with Gasteiger partial charge in [-0.25, -0.2) is 0 Å². The van der Waals surface area contributed by atoms with Crippen molar-refractivity contribution in [2.75, 3.05) is 6.67 Å². The molecule has 0 saturated heterocycles. The van der Waals surface area contributed by atoms with E-state index in [1.165, 1.54) is 21.3 Å². The maximum absolute atomic E-state index is 3.20. The Morgan fingerprint density at radius 3 is 1.86 bits per heavy atom. The average molecular weight is 328 g/mol. The van der Waals surface area contributed by atoms with Gasteiger partial charge in [0.1, 0.15) is 0 Å². The minimum absolute atomic E-state index is 0.911. The molecule has 0 radical (unpaired) electrons. The fourth-order valence-corrected chi connectivity index (χ4v) is 3.12. The van der Waals surface area contributed by atoms with E-state index < -0.39 is 0 Å². The molecule has 0 aliphatic carbocycles. The van der Waals surface area contributed by atoms with E-state index in [-0.39, 0.29) is 0 Å². The molecular weight excluding hydrogens is 308 g/mol. The van der Waals surface area contributed by atoms with Gasteiger partial charge in [0.25, 0.3) is 0 Å². The van der Waals surface area contributed by atoms with E-state index in [2.05, 4.69) is 99.3 Å². The molecule has 0 fully saturated rings. The summed E-state index contributed by atoms with van der Waals surface area (Å²) < 4.78 is 1.21. The predicted molar refractivity (Wildman–Crippen MR) is 87.6 cm³/mol. The Balaban J connectivity index is 1.73. The second kappa shape index (κ2) is 7.07. The molecule has 2 nitrogen and oxygen atoms in total. The summed E-state index contributed by atoms with van der Waals surface area (Å²) in [6.07, 6.45) is 2.23. The molecule has 2 aromatic carbocycles. The van der Waals surface area contributed by atoms with Gasteiger partial charge in [-0.15, -0.1) is 0 Å². The Morgan fingerprint density at radius 2 is 1.32 bits per heavy atom. The van der Waals surface area contributed by atoms with Crippen LogP contribution < -0.4 is 0 Å². The van der Waals surface area contributed by atoms with Crippen LogP contribution in [0.2, 0.25) is 0 Å². The molecule has 3 rings (SSSR count). The molecule has 0 spiro atoms. The van der Waals surface area contributed by atoms with E-state index >= 15 is 0 Å². The third kappa shape index (κ3) is 3.75. The third-order valence-electron chi connectivity index (χ3n) is 3.92.